The smallest absolute Gasteiger partial charge is 0.407 e. The van der Waals surface area contributed by atoms with Crippen molar-refractivity contribution < 1.29 is 14.3 Å². The van der Waals surface area contributed by atoms with Crippen molar-refractivity contribution >= 4 is 11.9 Å². The number of amides is 1. The van der Waals surface area contributed by atoms with E-state index in [9.17, 15) is 9.59 Å². The number of allylic oxidation sites excluding steroid dienone is 2. The van der Waals surface area contributed by atoms with Crippen LogP contribution in [0.3, 0.4) is 0 Å². The third-order valence-corrected chi connectivity index (χ3v) is 4.70. The van der Waals surface area contributed by atoms with E-state index in [-0.39, 0.29) is 18.5 Å². The van der Waals surface area contributed by atoms with Gasteiger partial charge in [0.05, 0.1) is 5.41 Å². The highest BCUT2D eigenvalue weighted by Gasteiger charge is 2.36. The van der Waals surface area contributed by atoms with Crippen LogP contribution in [0.5, 0.6) is 0 Å². The van der Waals surface area contributed by atoms with Crippen molar-refractivity contribution in [2.45, 2.75) is 51.9 Å². The van der Waals surface area contributed by atoms with E-state index in [1.165, 1.54) is 25.7 Å². The number of rotatable bonds is 5. The van der Waals surface area contributed by atoms with Crippen molar-refractivity contribution in [2.75, 3.05) is 13.2 Å². The summed E-state index contributed by atoms with van der Waals surface area (Å²) in [5, 5.41) is 2.83. The van der Waals surface area contributed by atoms with Crippen molar-refractivity contribution in [3.8, 4) is 0 Å². The maximum atomic E-state index is 11.9. The molecule has 0 aromatic heterocycles. The Balaban J connectivity index is 1.75. The maximum absolute atomic E-state index is 11.9. The largest absolute Gasteiger partial charge is 0.448 e. The Morgan fingerprint density at radius 2 is 2.05 bits per heavy atom. The van der Waals surface area contributed by atoms with Crippen LogP contribution < -0.4 is 5.32 Å². The van der Waals surface area contributed by atoms with E-state index in [4.69, 9.17) is 4.74 Å². The molecule has 1 atom stereocenters. The fourth-order valence-electron chi connectivity index (χ4n) is 3.14. The van der Waals surface area contributed by atoms with E-state index in [1.807, 2.05) is 6.08 Å². The zero-order valence-electron chi connectivity index (χ0n) is 12.3. The van der Waals surface area contributed by atoms with E-state index >= 15 is 0 Å². The van der Waals surface area contributed by atoms with Crippen LogP contribution in [-0.2, 0) is 9.53 Å². The molecule has 4 nitrogen and oxygen atoms in total. The molecule has 0 radical (unpaired) electrons. The zero-order chi connectivity index (χ0) is 14.4. The first-order chi connectivity index (χ1) is 9.62. The second-order valence-electron chi connectivity index (χ2n) is 6.16. The van der Waals surface area contributed by atoms with Gasteiger partial charge in [0, 0.05) is 6.54 Å². The molecule has 20 heavy (non-hydrogen) atoms. The maximum Gasteiger partial charge on any atom is 0.407 e. The summed E-state index contributed by atoms with van der Waals surface area (Å²) in [6.07, 6.45) is 11.0. The molecule has 2 aliphatic carbocycles. The number of hydrogen-bond donors (Lipinski definition) is 1. The van der Waals surface area contributed by atoms with Gasteiger partial charge in [0.2, 0.25) is 0 Å². The van der Waals surface area contributed by atoms with Crippen molar-refractivity contribution in [1.82, 2.24) is 5.32 Å². The van der Waals surface area contributed by atoms with Gasteiger partial charge < -0.3 is 10.1 Å². The lowest BCUT2D eigenvalue weighted by Gasteiger charge is -2.31. The molecular formula is C16H25NO3. The van der Waals surface area contributed by atoms with Crippen LogP contribution in [0.25, 0.3) is 0 Å². The van der Waals surface area contributed by atoms with E-state index in [2.05, 4.69) is 11.4 Å². The molecule has 0 aromatic rings. The zero-order valence-corrected chi connectivity index (χ0v) is 12.3. The Kier molecular flexibility index (Phi) is 5.21. The SMILES string of the molecule is CC(=O)C1(COC(=O)NCC2CCCC2)CC=CCC1. The van der Waals surface area contributed by atoms with Gasteiger partial charge in [0.15, 0.2) is 0 Å². The average molecular weight is 279 g/mol. The second-order valence-corrected chi connectivity index (χ2v) is 6.16. The summed E-state index contributed by atoms with van der Waals surface area (Å²) in [6, 6.07) is 0. The summed E-state index contributed by atoms with van der Waals surface area (Å²) in [5.41, 5.74) is -0.501. The summed E-state index contributed by atoms with van der Waals surface area (Å²) < 4.78 is 5.30. The fourth-order valence-corrected chi connectivity index (χ4v) is 3.14. The van der Waals surface area contributed by atoms with Crippen molar-refractivity contribution in [1.29, 1.82) is 0 Å². The normalized spacial score (nSPS) is 26.4. The minimum atomic E-state index is -0.501. The van der Waals surface area contributed by atoms with Crippen LogP contribution in [0.2, 0.25) is 0 Å². The third-order valence-electron chi connectivity index (χ3n) is 4.70. The number of Topliss-reactive ketones (excluding diaryl/α,β-unsaturated/α-hetero) is 1. The summed E-state index contributed by atoms with van der Waals surface area (Å²) in [5.74, 6) is 0.715. The molecule has 1 saturated carbocycles. The van der Waals surface area contributed by atoms with Gasteiger partial charge in [-0.1, -0.05) is 25.0 Å². The molecule has 2 rings (SSSR count). The molecule has 0 saturated heterocycles. The van der Waals surface area contributed by atoms with E-state index in [0.717, 1.165) is 12.8 Å². The second kappa shape index (κ2) is 6.91. The minimum absolute atomic E-state index is 0.116. The Morgan fingerprint density at radius 3 is 2.65 bits per heavy atom. The number of carbonyl (C=O) groups excluding carboxylic acids is 2. The van der Waals surface area contributed by atoms with E-state index in [1.54, 1.807) is 6.92 Å². The lowest BCUT2D eigenvalue weighted by molar-refractivity contribution is -0.129. The molecule has 4 heteroatoms. The predicted octanol–water partition coefficient (Wildman–Crippen LogP) is 3.22. The monoisotopic (exact) mass is 279 g/mol. The molecule has 0 spiro atoms. The van der Waals surface area contributed by atoms with Gasteiger partial charge in [-0.25, -0.2) is 4.79 Å². The van der Waals surface area contributed by atoms with Crippen molar-refractivity contribution in [2.24, 2.45) is 11.3 Å². The number of nitrogens with one attached hydrogen (secondary N) is 1. The lowest BCUT2D eigenvalue weighted by Crippen LogP contribution is -2.38. The molecule has 112 valence electrons. The molecule has 1 amide bonds. The highest BCUT2D eigenvalue weighted by molar-refractivity contribution is 5.83. The van der Waals surface area contributed by atoms with Crippen LogP contribution in [0, 0.1) is 11.3 Å². The number of ketones is 1. The van der Waals surface area contributed by atoms with Gasteiger partial charge >= 0.3 is 6.09 Å². The van der Waals surface area contributed by atoms with Crippen molar-refractivity contribution in [3.05, 3.63) is 12.2 Å². The summed E-state index contributed by atoms with van der Waals surface area (Å²) in [7, 11) is 0. The van der Waals surface area contributed by atoms with Crippen molar-refractivity contribution in [3.63, 3.8) is 0 Å². The van der Waals surface area contributed by atoms with Gasteiger partial charge in [-0.15, -0.1) is 0 Å². The van der Waals surface area contributed by atoms with Gasteiger partial charge in [-0.3, -0.25) is 4.79 Å². The van der Waals surface area contributed by atoms with Gasteiger partial charge in [0.25, 0.3) is 0 Å². The van der Waals surface area contributed by atoms with Gasteiger partial charge in [-0.2, -0.15) is 0 Å². The molecule has 1 fully saturated rings. The number of alkyl carbamates (subject to hydrolysis) is 1. The number of ether oxygens (including phenoxy) is 1. The lowest BCUT2D eigenvalue weighted by atomic mass is 9.75. The molecule has 0 aromatic carbocycles. The van der Waals surface area contributed by atoms with Gasteiger partial charge in [0.1, 0.15) is 12.4 Å². The predicted molar refractivity (Wildman–Crippen MR) is 77.4 cm³/mol. The highest BCUT2D eigenvalue weighted by Crippen LogP contribution is 2.34. The Morgan fingerprint density at radius 1 is 1.30 bits per heavy atom. The summed E-state index contributed by atoms with van der Waals surface area (Å²) in [6.45, 7) is 2.49. The van der Waals surface area contributed by atoms with Crippen LogP contribution in [0.4, 0.5) is 4.79 Å². The minimum Gasteiger partial charge on any atom is -0.448 e. The molecular weight excluding hydrogens is 254 g/mol. The quantitative estimate of drug-likeness (QED) is 0.786. The molecule has 0 heterocycles. The standard InChI is InChI=1S/C16H25NO3/c1-13(18)16(9-5-2-6-10-16)12-20-15(19)17-11-14-7-3-4-8-14/h2,5,14H,3-4,6-12H2,1H3,(H,17,19). The van der Waals surface area contributed by atoms with Crippen LogP contribution in [-0.4, -0.2) is 25.0 Å². The molecule has 0 bridgehead atoms. The molecule has 1 N–H and O–H groups in total. The molecule has 1 unspecified atom stereocenters. The molecule has 0 aliphatic heterocycles. The Bertz CT molecular complexity index is 385. The van der Waals surface area contributed by atoms with Crippen LogP contribution in [0.15, 0.2) is 12.2 Å². The molecule has 2 aliphatic rings. The fraction of sp³-hybridized carbons (Fsp3) is 0.750. The van der Waals surface area contributed by atoms with E-state index < -0.39 is 5.41 Å². The Hall–Kier alpha value is -1.32. The highest BCUT2D eigenvalue weighted by atomic mass is 16.5. The number of hydrogen-bond acceptors (Lipinski definition) is 3. The first-order valence-electron chi connectivity index (χ1n) is 7.69. The first kappa shape index (κ1) is 15.1. The third kappa shape index (κ3) is 3.84. The number of carbonyl (C=O) groups is 2. The van der Waals surface area contributed by atoms with E-state index in [0.29, 0.717) is 18.9 Å². The summed E-state index contributed by atoms with van der Waals surface area (Å²) in [4.78, 5) is 23.6. The van der Waals surface area contributed by atoms with Crippen LogP contribution in [0.1, 0.15) is 51.9 Å². The average Bonchev–Trinajstić information content (AvgIpc) is 2.97. The van der Waals surface area contributed by atoms with Gasteiger partial charge in [-0.05, 0) is 44.9 Å². The summed E-state index contributed by atoms with van der Waals surface area (Å²) >= 11 is 0. The first-order valence-corrected chi connectivity index (χ1v) is 7.69. The Labute approximate surface area is 120 Å². The topological polar surface area (TPSA) is 55.4 Å². The van der Waals surface area contributed by atoms with Crippen LogP contribution >= 0.6 is 0 Å².